The van der Waals surface area contributed by atoms with Gasteiger partial charge in [-0.25, -0.2) is 4.39 Å². The van der Waals surface area contributed by atoms with Gasteiger partial charge in [0.25, 0.3) is 5.91 Å². The number of nitrogens with one attached hydrogen (secondary N) is 1. The number of halogens is 5. The van der Waals surface area contributed by atoms with Crippen LogP contribution in [0.3, 0.4) is 0 Å². The molecule has 0 atom stereocenters. The van der Waals surface area contributed by atoms with Gasteiger partial charge in [0, 0.05) is 44.3 Å². The average Bonchev–Trinajstić information content (AvgIpc) is 2.93. The van der Waals surface area contributed by atoms with Crippen molar-refractivity contribution < 1.29 is 31.9 Å². The first-order chi connectivity index (χ1) is 19.5. The highest BCUT2D eigenvalue weighted by Gasteiger charge is 2.29. The molecule has 7 nitrogen and oxygen atoms in total. The van der Waals surface area contributed by atoms with Crippen molar-refractivity contribution in [1.29, 1.82) is 0 Å². The lowest BCUT2D eigenvalue weighted by molar-refractivity contribution is -0.149. The fourth-order valence-electron chi connectivity index (χ4n) is 5.25. The lowest BCUT2D eigenvalue weighted by Gasteiger charge is -2.37. The lowest BCUT2D eigenvalue weighted by Crippen LogP contribution is -2.47. The average molecular weight is 599 g/mol. The third-order valence-electron chi connectivity index (χ3n) is 7.52. The maximum atomic E-state index is 15.1. The summed E-state index contributed by atoms with van der Waals surface area (Å²) in [5.74, 6) is -1.53. The Labute approximate surface area is 242 Å². The second kappa shape index (κ2) is 13.8. The van der Waals surface area contributed by atoms with Crippen LogP contribution in [0.5, 0.6) is 0 Å². The summed E-state index contributed by atoms with van der Waals surface area (Å²) >= 11 is 6.22. The molecule has 2 fully saturated rings. The normalized spacial score (nSPS) is 17.5. The molecule has 224 valence electrons. The van der Waals surface area contributed by atoms with Gasteiger partial charge in [0.1, 0.15) is 5.82 Å². The Morgan fingerprint density at radius 1 is 1.00 bits per heavy atom. The smallest absolute Gasteiger partial charge is 0.390 e. The number of benzene rings is 2. The molecule has 2 saturated heterocycles. The number of hydrogen-bond donors (Lipinski definition) is 1. The molecule has 2 aromatic rings. The summed E-state index contributed by atoms with van der Waals surface area (Å²) in [7, 11) is 0. The maximum absolute atomic E-state index is 15.1. The van der Waals surface area contributed by atoms with Gasteiger partial charge < -0.3 is 15.0 Å². The number of esters is 1. The molecule has 0 aromatic heterocycles. The van der Waals surface area contributed by atoms with Crippen LogP contribution in [0.25, 0.3) is 0 Å². The third kappa shape index (κ3) is 8.80. The van der Waals surface area contributed by atoms with Crippen molar-refractivity contribution in [3.8, 4) is 0 Å². The van der Waals surface area contributed by atoms with Crippen LogP contribution in [0.4, 0.5) is 28.9 Å². The lowest BCUT2D eigenvalue weighted by atomic mass is 9.96. The van der Waals surface area contributed by atoms with E-state index in [9.17, 15) is 22.8 Å². The molecule has 0 unspecified atom stereocenters. The fourth-order valence-corrected chi connectivity index (χ4v) is 5.41. The molecular weight excluding hydrogens is 564 g/mol. The topological polar surface area (TPSA) is 65.1 Å². The molecule has 0 aliphatic carbocycles. The van der Waals surface area contributed by atoms with Crippen molar-refractivity contribution in [2.75, 3.05) is 62.6 Å². The minimum absolute atomic E-state index is 0.0579. The zero-order chi connectivity index (χ0) is 29.6. The maximum Gasteiger partial charge on any atom is 0.390 e. The first-order valence-corrected chi connectivity index (χ1v) is 14.2. The molecule has 1 amide bonds. The van der Waals surface area contributed by atoms with E-state index >= 15 is 4.39 Å². The molecule has 0 bridgehead atoms. The van der Waals surface area contributed by atoms with Gasteiger partial charge in [-0.1, -0.05) is 17.7 Å². The van der Waals surface area contributed by atoms with E-state index in [1.165, 1.54) is 12.1 Å². The quantitative estimate of drug-likeness (QED) is 0.300. The molecule has 2 aromatic carbocycles. The Bertz CT molecular complexity index is 1210. The number of piperazine rings is 1. The molecule has 0 spiro atoms. The van der Waals surface area contributed by atoms with E-state index in [2.05, 4.69) is 10.2 Å². The van der Waals surface area contributed by atoms with E-state index in [1.54, 1.807) is 36.1 Å². The van der Waals surface area contributed by atoms with Crippen LogP contribution in [-0.4, -0.2) is 80.3 Å². The first-order valence-electron chi connectivity index (χ1n) is 13.8. The van der Waals surface area contributed by atoms with E-state index in [0.29, 0.717) is 81.7 Å². The second-order valence-electron chi connectivity index (χ2n) is 10.4. The molecule has 12 heteroatoms. The molecule has 0 saturated carbocycles. The third-order valence-corrected chi connectivity index (χ3v) is 7.76. The van der Waals surface area contributed by atoms with Gasteiger partial charge >= 0.3 is 12.1 Å². The predicted octanol–water partition coefficient (Wildman–Crippen LogP) is 5.58. The highest BCUT2D eigenvalue weighted by molar-refractivity contribution is 6.31. The number of carbonyl (C=O) groups is 2. The fraction of sp³-hybridized carbons (Fsp3) is 0.517. The standard InChI is InChI=1S/C29H35ClF4N4O3/c1-2-41-28(40)21-7-10-37(11-8-21)19-20-3-5-23(24(31)17-20)27(39)35-25-6-4-22(30)18-26(25)38-15-13-36(14-16-38)12-9-29(32,33)34/h3-6,17-18,21H,2,7-16,19H2,1H3,(H,35,39). The van der Waals surface area contributed by atoms with Crippen molar-refractivity contribution in [1.82, 2.24) is 9.80 Å². The Hall–Kier alpha value is -2.89. The summed E-state index contributed by atoms with van der Waals surface area (Å²) in [5.41, 5.74) is 1.69. The van der Waals surface area contributed by atoms with Crippen LogP contribution in [0.15, 0.2) is 36.4 Å². The Kier molecular flexibility index (Phi) is 10.5. The molecule has 2 heterocycles. The van der Waals surface area contributed by atoms with Crippen molar-refractivity contribution in [3.05, 3.63) is 58.4 Å². The number of amides is 1. The van der Waals surface area contributed by atoms with E-state index in [-0.39, 0.29) is 24.0 Å². The molecule has 2 aliphatic heterocycles. The minimum Gasteiger partial charge on any atom is -0.466 e. The first kappa shape index (κ1) is 31.1. The molecule has 2 aliphatic rings. The van der Waals surface area contributed by atoms with Crippen LogP contribution in [-0.2, 0) is 16.1 Å². The number of nitrogens with zero attached hydrogens (tertiary/aromatic N) is 3. The number of alkyl halides is 3. The second-order valence-corrected chi connectivity index (χ2v) is 10.9. The summed E-state index contributed by atoms with van der Waals surface area (Å²) in [6.45, 7) is 5.79. The molecule has 4 rings (SSSR count). The van der Waals surface area contributed by atoms with Crippen LogP contribution in [0.2, 0.25) is 5.02 Å². The van der Waals surface area contributed by atoms with Gasteiger partial charge in [-0.15, -0.1) is 0 Å². The van der Waals surface area contributed by atoms with Gasteiger partial charge in [0.2, 0.25) is 0 Å². The van der Waals surface area contributed by atoms with Gasteiger partial charge in [-0.2, -0.15) is 13.2 Å². The van der Waals surface area contributed by atoms with Crippen molar-refractivity contribution in [2.45, 2.75) is 38.9 Å². The number of carbonyl (C=O) groups excluding carboxylic acids is 2. The summed E-state index contributed by atoms with van der Waals surface area (Å²) in [5, 5.41) is 3.22. The summed E-state index contributed by atoms with van der Waals surface area (Å²) in [6.07, 6.45) is -3.68. The van der Waals surface area contributed by atoms with Gasteiger partial charge in [-0.3, -0.25) is 19.4 Å². The Morgan fingerprint density at radius 3 is 2.34 bits per heavy atom. The van der Waals surface area contributed by atoms with Gasteiger partial charge in [-0.05, 0) is 68.8 Å². The number of likely N-dealkylation sites (tertiary alicyclic amines) is 1. The van der Waals surface area contributed by atoms with Crippen LogP contribution in [0, 0.1) is 11.7 Å². The SMILES string of the molecule is CCOC(=O)C1CCN(Cc2ccc(C(=O)Nc3ccc(Cl)cc3N3CCN(CCC(F)(F)F)CC3)c(F)c2)CC1. The van der Waals surface area contributed by atoms with Crippen molar-refractivity contribution >= 4 is 34.9 Å². The zero-order valence-electron chi connectivity index (χ0n) is 23.0. The molecular formula is C29H35ClF4N4O3. The minimum atomic E-state index is -4.20. The van der Waals surface area contributed by atoms with Crippen molar-refractivity contribution in [3.63, 3.8) is 0 Å². The highest BCUT2D eigenvalue weighted by Crippen LogP contribution is 2.31. The van der Waals surface area contributed by atoms with Gasteiger partial charge in [0.15, 0.2) is 0 Å². The number of ether oxygens (including phenoxy) is 1. The molecule has 1 N–H and O–H groups in total. The highest BCUT2D eigenvalue weighted by atomic mass is 35.5. The van der Waals surface area contributed by atoms with Crippen molar-refractivity contribution in [2.24, 2.45) is 5.92 Å². The molecule has 41 heavy (non-hydrogen) atoms. The Morgan fingerprint density at radius 2 is 1.71 bits per heavy atom. The number of rotatable bonds is 9. The van der Waals surface area contributed by atoms with Gasteiger partial charge in [0.05, 0.1) is 35.9 Å². The predicted molar refractivity (Wildman–Crippen MR) is 150 cm³/mol. The van der Waals surface area contributed by atoms with Crippen LogP contribution < -0.4 is 10.2 Å². The monoisotopic (exact) mass is 598 g/mol. The number of hydrogen-bond acceptors (Lipinski definition) is 6. The van der Waals surface area contributed by atoms with Crippen LogP contribution >= 0.6 is 11.6 Å². The van der Waals surface area contributed by atoms with E-state index in [4.69, 9.17) is 16.3 Å². The van der Waals surface area contributed by atoms with Crippen LogP contribution in [0.1, 0.15) is 42.1 Å². The summed E-state index contributed by atoms with van der Waals surface area (Å²) in [6, 6.07) is 9.48. The summed E-state index contributed by atoms with van der Waals surface area (Å²) < 4.78 is 58.0. The molecule has 0 radical (unpaired) electrons. The number of piperidine rings is 1. The largest absolute Gasteiger partial charge is 0.466 e. The van der Waals surface area contributed by atoms with E-state index in [1.807, 2.05) is 4.90 Å². The van der Waals surface area contributed by atoms with E-state index in [0.717, 1.165) is 5.56 Å². The number of anilines is 2. The van der Waals surface area contributed by atoms with E-state index < -0.39 is 24.3 Å². The summed E-state index contributed by atoms with van der Waals surface area (Å²) in [4.78, 5) is 30.9. The zero-order valence-corrected chi connectivity index (χ0v) is 23.7. The Balaban J connectivity index is 1.35.